The zero-order chi connectivity index (χ0) is 14.6. The van der Waals surface area contributed by atoms with Crippen molar-refractivity contribution in [3.05, 3.63) is 18.7 Å². The van der Waals surface area contributed by atoms with Crippen molar-refractivity contribution >= 4 is 21.9 Å². The molecule has 0 aliphatic rings. The second-order valence-electron chi connectivity index (χ2n) is 3.74. The van der Waals surface area contributed by atoms with Crippen LogP contribution in [-0.2, 0) is 10.0 Å². The Morgan fingerprint density at radius 3 is 2.80 bits per heavy atom. The Bertz CT molecular complexity index is 669. The molecule has 0 spiro atoms. The van der Waals surface area contributed by atoms with Gasteiger partial charge in [-0.25, -0.2) is 18.1 Å². The minimum Gasteiger partial charge on any atom is -0.368 e. The summed E-state index contributed by atoms with van der Waals surface area (Å²) in [6, 6.07) is 0. The van der Waals surface area contributed by atoms with E-state index in [0.717, 1.165) is 0 Å². The van der Waals surface area contributed by atoms with Crippen molar-refractivity contribution in [2.45, 2.75) is 0 Å². The summed E-state index contributed by atoms with van der Waals surface area (Å²) < 4.78 is 26.3. The Morgan fingerprint density at radius 1 is 1.35 bits per heavy atom. The molecule has 0 saturated heterocycles. The number of anilines is 2. The lowest BCUT2D eigenvalue weighted by molar-refractivity contribution is 0.588. The second kappa shape index (κ2) is 5.79. The Balaban J connectivity index is 2.09. The number of nitrogen functional groups attached to an aromatic ring is 1. The van der Waals surface area contributed by atoms with Crippen LogP contribution in [0.15, 0.2) is 18.7 Å². The third-order valence-electron chi connectivity index (χ3n) is 2.34. The molecule has 0 aromatic carbocycles. The molecule has 2 aromatic rings. The molecular weight excluding hydrogens is 284 g/mol. The molecule has 0 aliphatic carbocycles. The quantitative estimate of drug-likeness (QED) is 0.591. The number of imidazole rings is 1. The monoisotopic (exact) mass is 298 g/mol. The van der Waals surface area contributed by atoms with Crippen molar-refractivity contribution in [3.63, 3.8) is 0 Å². The normalized spacial score (nSPS) is 11.4. The molecule has 0 radical (unpaired) electrons. The number of sulfonamides is 1. The maximum absolute atomic E-state index is 11.3. The molecule has 10 nitrogen and oxygen atoms in total. The zero-order valence-corrected chi connectivity index (χ0v) is 11.5. The molecule has 20 heavy (non-hydrogen) atoms. The number of hydrogen-bond donors (Lipinski definition) is 3. The van der Waals surface area contributed by atoms with Gasteiger partial charge >= 0.3 is 0 Å². The first kappa shape index (κ1) is 14.1. The van der Waals surface area contributed by atoms with Gasteiger partial charge in [-0.1, -0.05) is 0 Å². The molecule has 0 aliphatic heterocycles. The third kappa shape index (κ3) is 3.61. The lowest BCUT2D eigenvalue weighted by Gasteiger charge is -2.07. The van der Waals surface area contributed by atoms with Crippen LogP contribution in [0, 0.1) is 0 Å². The highest BCUT2D eigenvalue weighted by Crippen LogP contribution is 2.06. The Hall–Kier alpha value is -2.27. The Kier molecular flexibility index (Phi) is 4.10. The highest BCUT2D eigenvalue weighted by atomic mass is 32.2. The molecule has 0 saturated carbocycles. The van der Waals surface area contributed by atoms with Crippen molar-refractivity contribution < 1.29 is 8.42 Å². The number of aromatic nitrogens is 5. The van der Waals surface area contributed by atoms with Gasteiger partial charge in [0.05, 0.1) is 5.75 Å². The topological polar surface area (TPSA) is 141 Å². The molecule has 2 rings (SSSR count). The van der Waals surface area contributed by atoms with E-state index in [1.807, 2.05) is 0 Å². The lowest BCUT2D eigenvalue weighted by Crippen LogP contribution is -2.26. The fraction of sp³-hybridized carbons (Fsp3) is 0.333. The smallest absolute Gasteiger partial charge is 0.241 e. The molecule has 0 atom stereocenters. The van der Waals surface area contributed by atoms with E-state index in [2.05, 4.69) is 30.0 Å². The molecule has 2 aromatic heterocycles. The lowest BCUT2D eigenvalue weighted by atomic mass is 10.7. The number of rotatable bonds is 6. The van der Waals surface area contributed by atoms with Crippen LogP contribution in [0.25, 0.3) is 5.95 Å². The Labute approximate surface area is 115 Å². The predicted octanol–water partition coefficient (Wildman–Crippen LogP) is -1.40. The van der Waals surface area contributed by atoms with Crippen LogP contribution < -0.4 is 15.8 Å². The average molecular weight is 298 g/mol. The van der Waals surface area contributed by atoms with Crippen LogP contribution in [0.2, 0.25) is 0 Å². The standard InChI is InChI=1S/C9H14N8O2S/c1-11-20(18,19)5-3-13-8-14-7(10)15-9(16-8)17-4-2-12-6-17/h2,4,6,11H,3,5H2,1H3,(H3,10,13,14,15,16). The van der Waals surface area contributed by atoms with E-state index < -0.39 is 10.0 Å². The predicted molar refractivity (Wildman–Crippen MR) is 72.7 cm³/mol. The fourth-order valence-corrected chi connectivity index (χ4v) is 1.93. The summed E-state index contributed by atoms with van der Waals surface area (Å²) in [5, 5.41) is 2.78. The first-order chi connectivity index (χ1) is 9.50. The van der Waals surface area contributed by atoms with Crippen molar-refractivity contribution in [1.82, 2.24) is 29.2 Å². The van der Waals surface area contributed by atoms with Crippen molar-refractivity contribution in [2.24, 2.45) is 0 Å². The third-order valence-corrected chi connectivity index (χ3v) is 3.70. The summed E-state index contributed by atoms with van der Waals surface area (Å²) in [6.45, 7) is 0.149. The van der Waals surface area contributed by atoms with Crippen LogP contribution in [-0.4, -0.2) is 52.3 Å². The Morgan fingerprint density at radius 2 is 2.15 bits per heavy atom. The summed E-state index contributed by atoms with van der Waals surface area (Å²) in [6.07, 6.45) is 4.75. The van der Waals surface area contributed by atoms with Crippen LogP contribution >= 0.6 is 0 Å². The maximum Gasteiger partial charge on any atom is 0.241 e. The van der Waals surface area contributed by atoms with E-state index in [9.17, 15) is 8.42 Å². The van der Waals surface area contributed by atoms with Crippen molar-refractivity contribution in [3.8, 4) is 5.95 Å². The van der Waals surface area contributed by atoms with Crippen LogP contribution in [0.3, 0.4) is 0 Å². The largest absolute Gasteiger partial charge is 0.368 e. The first-order valence-electron chi connectivity index (χ1n) is 5.65. The molecule has 11 heteroatoms. The van der Waals surface area contributed by atoms with Gasteiger partial charge in [0.15, 0.2) is 0 Å². The summed E-state index contributed by atoms with van der Waals surface area (Å²) in [5.41, 5.74) is 5.58. The number of hydrogen-bond acceptors (Lipinski definition) is 8. The van der Waals surface area contributed by atoms with E-state index in [-0.39, 0.29) is 24.2 Å². The zero-order valence-electron chi connectivity index (χ0n) is 10.7. The molecule has 0 fully saturated rings. The minimum atomic E-state index is -3.28. The summed E-state index contributed by atoms with van der Waals surface area (Å²) in [5.74, 6) is 0.430. The van der Waals surface area contributed by atoms with Gasteiger partial charge in [-0.15, -0.1) is 0 Å². The average Bonchev–Trinajstić information content (AvgIpc) is 2.92. The van der Waals surface area contributed by atoms with E-state index in [0.29, 0.717) is 5.95 Å². The van der Waals surface area contributed by atoms with Gasteiger partial charge in [0, 0.05) is 18.9 Å². The fourth-order valence-electron chi connectivity index (χ4n) is 1.35. The van der Waals surface area contributed by atoms with Gasteiger partial charge in [0.25, 0.3) is 0 Å². The SMILES string of the molecule is CNS(=O)(=O)CCNc1nc(N)nc(-n2ccnc2)n1. The number of nitrogens with zero attached hydrogens (tertiary/aromatic N) is 5. The van der Waals surface area contributed by atoms with Crippen molar-refractivity contribution in [2.75, 3.05) is 30.4 Å². The number of nitrogens with two attached hydrogens (primary N) is 1. The molecular formula is C9H14N8O2S. The summed E-state index contributed by atoms with van der Waals surface area (Å²) in [7, 11) is -1.93. The molecule has 0 amide bonds. The second-order valence-corrected chi connectivity index (χ2v) is 5.78. The van der Waals surface area contributed by atoms with Crippen LogP contribution in [0.4, 0.5) is 11.9 Å². The van der Waals surface area contributed by atoms with E-state index >= 15 is 0 Å². The van der Waals surface area contributed by atoms with Gasteiger partial charge in [0.1, 0.15) is 6.33 Å². The van der Waals surface area contributed by atoms with Crippen LogP contribution in [0.5, 0.6) is 0 Å². The molecule has 0 bridgehead atoms. The van der Waals surface area contributed by atoms with Gasteiger partial charge in [-0.2, -0.15) is 15.0 Å². The molecule has 2 heterocycles. The van der Waals surface area contributed by atoms with Gasteiger partial charge in [-0.05, 0) is 7.05 Å². The molecule has 0 unspecified atom stereocenters. The van der Waals surface area contributed by atoms with Gasteiger partial charge < -0.3 is 11.1 Å². The maximum atomic E-state index is 11.3. The van der Waals surface area contributed by atoms with Crippen LogP contribution in [0.1, 0.15) is 0 Å². The summed E-state index contributed by atoms with van der Waals surface area (Å²) in [4.78, 5) is 15.8. The van der Waals surface area contributed by atoms with E-state index in [1.165, 1.54) is 13.4 Å². The van der Waals surface area contributed by atoms with Gasteiger partial charge in [0.2, 0.25) is 27.9 Å². The minimum absolute atomic E-state index is 0.0303. The molecule has 4 N–H and O–H groups in total. The summed E-state index contributed by atoms with van der Waals surface area (Å²) >= 11 is 0. The highest BCUT2D eigenvalue weighted by molar-refractivity contribution is 7.89. The first-order valence-corrected chi connectivity index (χ1v) is 7.30. The highest BCUT2D eigenvalue weighted by Gasteiger charge is 2.09. The van der Waals surface area contributed by atoms with Crippen molar-refractivity contribution in [1.29, 1.82) is 0 Å². The van der Waals surface area contributed by atoms with E-state index in [4.69, 9.17) is 5.73 Å². The number of nitrogens with one attached hydrogen (secondary N) is 2. The van der Waals surface area contributed by atoms with E-state index in [1.54, 1.807) is 17.0 Å². The molecule has 108 valence electrons. The van der Waals surface area contributed by atoms with Gasteiger partial charge in [-0.3, -0.25) is 4.57 Å².